The quantitative estimate of drug-likeness (QED) is 0.237. The summed E-state index contributed by atoms with van der Waals surface area (Å²) in [6, 6.07) is 0. The van der Waals surface area contributed by atoms with Crippen LogP contribution in [0.4, 0.5) is 0 Å². The summed E-state index contributed by atoms with van der Waals surface area (Å²) in [4.78, 5) is 24.0. The van der Waals surface area contributed by atoms with E-state index in [4.69, 9.17) is 0 Å². The Morgan fingerprint density at radius 1 is 0.750 bits per heavy atom. The molecule has 8 aliphatic rings. The molecule has 6 saturated carbocycles. The Labute approximate surface area is 289 Å². The van der Waals surface area contributed by atoms with E-state index in [0.717, 1.165) is 77.0 Å². The van der Waals surface area contributed by atoms with Gasteiger partial charge in [0.1, 0.15) is 5.78 Å². The maximum absolute atomic E-state index is 12.2. The zero-order valence-corrected chi connectivity index (χ0v) is 30.6. The smallest absolute Gasteiger partial charge is 0.155 e. The second-order valence-corrected chi connectivity index (χ2v) is 19.2. The molecule has 6 heteroatoms. The SMILES string of the molecule is CC(=O)[C@H]1CCC2C3CCC4=CC(=O)CC[C@]4(C)C3[C@@H](O)C[C@@]21C.CC(O)[C@H]1CCC2C3CCC4=C[C@@H](O)CC[C@]4(C)C3[C@@H](O)C[C@@]21C. The number of ketones is 2. The molecule has 16 atom stereocenters. The molecule has 6 nitrogen and oxygen atoms in total. The topological polar surface area (TPSA) is 115 Å². The number of hydrogen-bond acceptors (Lipinski definition) is 6. The number of carbonyl (C=O) groups excluding carboxylic acids is 2. The van der Waals surface area contributed by atoms with Gasteiger partial charge in [-0.3, -0.25) is 9.59 Å². The summed E-state index contributed by atoms with van der Waals surface area (Å²) in [5.74, 6) is 3.85. The van der Waals surface area contributed by atoms with Crippen molar-refractivity contribution in [1.82, 2.24) is 0 Å². The first-order chi connectivity index (χ1) is 22.5. The molecule has 4 N–H and O–H groups in total. The lowest BCUT2D eigenvalue weighted by molar-refractivity contribution is -0.143. The third-order valence-corrected chi connectivity index (χ3v) is 17.1. The highest BCUT2D eigenvalue weighted by Gasteiger charge is 2.64. The monoisotopic (exact) mass is 664 g/mol. The van der Waals surface area contributed by atoms with E-state index in [1.54, 1.807) is 6.92 Å². The van der Waals surface area contributed by atoms with Gasteiger partial charge in [0.05, 0.1) is 24.4 Å². The maximum Gasteiger partial charge on any atom is 0.155 e. The summed E-state index contributed by atoms with van der Waals surface area (Å²) < 4.78 is 0. The van der Waals surface area contributed by atoms with Crippen molar-refractivity contribution in [3.8, 4) is 0 Å². The predicted octanol–water partition coefficient (Wildman–Crippen LogP) is 6.97. The molecule has 0 aromatic heterocycles. The van der Waals surface area contributed by atoms with Gasteiger partial charge in [-0.1, -0.05) is 44.9 Å². The molecular weight excluding hydrogens is 600 g/mol. The fourth-order valence-electron chi connectivity index (χ4n) is 15.0. The highest BCUT2D eigenvalue weighted by molar-refractivity contribution is 5.91. The van der Waals surface area contributed by atoms with Crippen LogP contribution in [0.3, 0.4) is 0 Å². The van der Waals surface area contributed by atoms with Crippen molar-refractivity contribution in [2.75, 3.05) is 0 Å². The van der Waals surface area contributed by atoms with Gasteiger partial charge in [-0.25, -0.2) is 0 Å². The van der Waals surface area contributed by atoms with Crippen LogP contribution in [0.25, 0.3) is 0 Å². The Bertz CT molecular complexity index is 1370. The van der Waals surface area contributed by atoms with Crippen LogP contribution in [0.5, 0.6) is 0 Å². The minimum atomic E-state index is -0.349. The van der Waals surface area contributed by atoms with Crippen LogP contribution >= 0.6 is 0 Å². The maximum atomic E-state index is 12.2. The summed E-state index contributed by atoms with van der Waals surface area (Å²) in [7, 11) is 0. The molecule has 8 rings (SSSR count). The molecule has 0 spiro atoms. The van der Waals surface area contributed by atoms with E-state index < -0.39 is 0 Å². The lowest BCUT2D eigenvalue weighted by Gasteiger charge is -2.60. The summed E-state index contributed by atoms with van der Waals surface area (Å²) in [5, 5.41) is 42.7. The van der Waals surface area contributed by atoms with Crippen LogP contribution in [0.1, 0.15) is 131 Å². The number of rotatable bonds is 2. The van der Waals surface area contributed by atoms with Gasteiger partial charge in [0.2, 0.25) is 0 Å². The van der Waals surface area contributed by atoms with E-state index in [1.165, 1.54) is 17.6 Å². The molecule has 0 bridgehead atoms. The van der Waals surface area contributed by atoms with Crippen LogP contribution in [0.2, 0.25) is 0 Å². The first-order valence-corrected chi connectivity index (χ1v) is 19.7. The van der Waals surface area contributed by atoms with Crippen LogP contribution in [0, 0.1) is 69.0 Å². The van der Waals surface area contributed by atoms with Crippen molar-refractivity contribution in [2.24, 2.45) is 69.0 Å². The van der Waals surface area contributed by atoms with E-state index in [-0.39, 0.29) is 63.7 Å². The minimum absolute atomic E-state index is 0.0219. The number of Topliss-reactive ketones (excluding diaryl/α,β-unsaturated/α-hetero) is 1. The molecule has 0 amide bonds. The third-order valence-electron chi connectivity index (χ3n) is 17.1. The summed E-state index contributed by atoms with van der Waals surface area (Å²) in [6.07, 6.45) is 16.4. The molecule has 0 aromatic rings. The normalized spacial score (nSPS) is 52.9. The van der Waals surface area contributed by atoms with E-state index in [1.807, 2.05) is 13.0 Å². The molecule has 0 radical (unpaired) electrons. The number of carbonyl (C=O) groups is 2. The highest BCUT2D eigenvalue weighted by atomic mass is 16.3. The van der Waals surface area contributed by atoms with Gasteiger partial charge in [0.25, 0.3) is 0 Å². The van der Waals surface area contributed by atoms with Gasteiger partial charge in [0.15, 0.2) is 5.78 Å². The molecule has 7 unspecified atom stereocenters. The fraction of sp³-hybridized carbons (Fsp3) is 0.857. The Hall–Kier alpha value is -1.34. The standard InChI is InChI=1S/C21H34O3.C21H30O3/c2*1-12(22)16-6-7-17-15-5-4-13-10-14(23)8-9-20(13,2)19(15)18(24)11-21(16,17)3/h10,12,14-19,22-24H,4-9,11H2,1-3H3;10,15-19,24H,4-9,11H2,1-3H3/t12?,14-,15?,16+,17?,18-,19?,20-,21+;15?,16-,17?,18+,19?,20+,21-/m01/s1. The van der Waals surface area contributed by atoms with E-state index in [0.29, 0.717) is 47.7 Å². The Morgan fingerprint density at radius 2 is 1.31 bits per heavy atom. The molecule has 0 saturated heterocycles. The average Bonchev–Trinajstić information content (AvgIpc) is 3.54. The molecular formula is C42H64O6. The zero-order valence-electron chi connectivity index (χ0n) is 30.6. The van der Waals surface area contributed by atoms with Crippen LogP contribution in [-0.4, -0.2) is 56.4 Å². The number of hydrogen-bond donors (Lipinski definition) is 4. The Morgan fingerprint density at radius 3 is 1.94 bits per heavy atom. The van der Waals surface area contributed by atoms with E-state index in [2.05, 4.69) is 33.8 Å². The largest absolute Gasteiger partial charge is 0.393 e. The summed E-state index contributed by atoms with van der Waals surface area (Å²) in [6.45, 7) is 12.9. The molecule has 48 heavy (non-hydrogen) atoms. The van der Waals surface area contributed by atoms with Crippen LogP contribution in [0.15, 0.2) is 23.3 Å². The second-order valence-electron chi connectivity index (χ2n) is 19.2. The fourth-order valence-corrected chi connectivity index (χ4v) is 15.0. The van der Waals surface area contributed by atoms with Gasteiger partial charge in [0, 0.05) is 12.3 Å². The van der Waals surface area contributed by atoms with E-state index in [9.17, 15) is 30.0 Å². The van der Waals surface area contributed by atoms with Gasteiger partial charge < -0.3 is 20.4 Å². The predicted molar refractivity (Wildman–Crippen MR) is 187 cm³/mol. The lowest BCUT2D eigenvalue weighted by Crippen LogP contribution is -2.57. The molecule has 0 aliphatic heterocycles. The number of allylic oxidation sites excluding steroid dienone is 2. The van der Waals surface area contributed by atoms with Gasteiger partial charge >= 0.3 is 0 Å². The average molecular weight is 665 g/mol. The van der Waals surface area contributed by atoms with Gasteiger partial charge in [-0.05, 0) is 166 Å². The molecule has 268 valence electrons. The Balaban J connectivity index is 0.000000152. The van der Waals surface area contributed by atoms with Crippen molar-refractivity contribution >= 4 is 11.6 Å². The summed E-state index contributed by atoms with van der Waals surface area (Å²) in [5.41, 5.74) is 2.77. The molecule has 6 fully saturated rings. The van der Waals surface area contributed by atoms with Crippen molar-refractivity contribution in [3.63, 3.8) is 0 Å². The van der Waals surface area contributed by atoms with Crippen molar-refractivity contribution in [1.29, 1.82) is 0 Å². The zero-order chi connectivity index (χ0) is 34.6. The number of aliphatic hydroxyl groups is 4. The first kappa shape index (κ1) is 35.1. The van der Waals surface area contributed by atoms with Crippen molar-refractivity contribution in [2.45, 2.75) is 156 Å². The highest BCUT2D eigenvalue weighted by Crippen LogP contribution is 2.68. The number of aliphatic hydroxyl groups excluding tert-OH is 4. The Kier molecular flexibility index (Phi) is 8.86. The minimum Gasteiger partial charge on any atom is -0.393 e. The van der Waals surface area contributed by atoms with Gasteiger partial charge in [-0.15, -0.1) is 0 Å². The lowest BCUT2D eigenvalue weighted by atomic mass is 9.45. The summed E-state index contributed by atoms with van der Waals surface area (Å²) >= 11 is 0. The number of fused-ring (bicyclic) bond motifs is 10. The second kappa shape index (κ2) is 12.1. The van der Waals surface area contributed by atoms with Crippen LogP contribution in [-0.2, 0) is 9.59 Å². The van der Waals surface area contributed by atoms with Crippen molar-refractivity contribution < 1.29 is 30.0 Å². The van der Waals surface area contributed by atoms with E-state index >= 15 is 0 Å². The van der Waals surface area contributed by atoms with Crippen LogP contribution < -0.4 is 0 Å². The third kappa shape index (κ3) is 5.14. The van der Waals surface area contributed by atoms with Gasteiger partial charge in [-0.2, -0.15) is 0 Å². The molecule has 0 aromatic carbocycles. The van der Waals surface area contributed by atoms with Crippen molar-refractivity contribution in [3.05, 3.63) is 23.3 Å². The molecule has 8 aliphatic carbocycles. The molecule has 0 heterocycles. The first-order valence-electron chi connectivity index (χ1n) is 19.7.